The molecule has 6 heteroatoms. The van der Waals surface area contributed by atoms with Gasteiger partial charge >= 0.3 is 5.97 Å². The van der Waals surface area contributed by atoms with E-state index in [0.29, 0.717) is 5.56 Å². The Morgan fingerprint density at radius 2 is 1.87 bits per heavy atom. The van der Waals surface area contributed by atoms with E-state index in [1.54, 1.807) is 47.4 Å². The fraction of sp³-hybridized carbons (Fsp3) is 0.0588. The third-order valence-electron chi connectivity index (χ3n) is 3.26. The number of aromatic nitrogens is 2. The molecule has 0 spiro atoms. The van der Waals surface area contributed by atoms with Crippen LogP contribution in [0, 0.1) is 11.6 Å². The predicted octanol–water partition coefficient (Wildman–Crippen LogP) is 3.51. The van der Waals surface area contributed by atoms with Gasteiger partial charge in [-0.1, -0.05) is 12.1 Å². The zero-order chi connectivity index (χ0) is 16.2. The molecule has 3 aromatic rings. The lowest BCUT2D eigenvalue weighted by Crippen LogP contribution is -2.07. The average molecular weight is 314 g/mol. The number of benzene rings is 2. The van der Waals surface area contributed by atoms with Gasteiger partial charge in [0.1, 0.15) is 6.61 Å². The summed E-state index contributed by atoms with van der Waals surface area (Å²) in [6, 6.07) is 12.1. The van der Waals surface area contributed by atoms with Gasteiger partial charge in [0.25, 0.3) is 0 Å². The SMILES string of the molecule is O=C(OCc1cccc(F)c1F)c1ccc(-n2cccn2)cc1. The maximum absolute atomic E-state index is 13.5. The van der Waals surface area contributed by atoms with Crippen LogP contribution in [-0.4, -0.2) is 15.7 Å². The highest BCUT2D eigenvalue weighted by molar-refractivity contribution is 5.89. The summed E-state index contributed by atoms with van der Waals surface area (Å²) in [6.45, 7) is -0.330. The second kappa shape index (κ2) is 6.39. The highest BCUT2D eigenvalue weighted by atomic mass is 19.2. The fourth-order valence-corrected chi connectivity index (χ4v) is 2.06. The molecule has 0 saturated carbocycles. The van der Waals surface area contributed by atoms with Gasteiger partial charge in [-0.3, -0.25) is 0 Å². The van der Waals surface area contributed by atoms with Crippen LogP contribution < -0.4 is 0 Å². The predicted molar refractivity (Wildman–Crippen MR) is 79.0 cm³/mol. The molecule has 0 unspecified atom stereocenters. The van der Waals surface area contributed by atoms with Gasteiger partial charge in [-0.05, 0) is 36.4 Å². The van der Waals surface area contributed by atoms with Crippen molar-refractivity contribution < 1.29 is 18.3 Å². The highest BCUT2D eigenvalue weighted by Gasteiger charge is 2.12. The zero-order valence-corrected chi connectivity index (χ0v) is 11.9. The van der Waals surface area contributed by atoms with Crippen LogP contribution in [0.25, 0.3) is 5.69 Å². The van der Waals surface area contributed by atoms with Crippen molar-refractivity contribution in [3.8, 4) is 5.69 Å². The van der Waals surface area contributed by atoms with Gasteiger partial charge in [0.2, 0.25) is 0 Å². The number of carbonyl (C=O) groups excluding carboxylic acids is 1. The first-order valence-corrected chi connectivity index (χ1v) is 6.85. The van der Waals surface area contributed by atoms with Gasteiger partial charge in [-0.2, -0.15) is 5.10 Å². The molecule has 116 valence electrons. The molecule has 0 aliphatic rings. The molecule has 2 aromatic carbocycles. The van der Waals surface area contributed by atoms with E-state index < -0.39 is 17.6 Å². The summed E-state index contributed by atoms with van der Waals surface area (Å²) in [5, 5.41) is 4.08. The van der Waals surface area contributed by atoms with Crippen molar-refractivity contribution in [2.45, 2.75) is 6.61 Å². The molecular formula is C17H12F2N2O2. The van der Waals surface area contributed by atoms with E-state index in [1.807, 2.05) is 0 Å². The van der Waals surface area contributed by atoms with Gasteiger partial charge in [0, 0.05) is 18.0 Å². The quantitative estimate of drug-likeness (QED) is 0.692. The van der Waals surface area contributed by atoms with Crippen LogP contribution in [0.4, 0.5) is 8.78 Å². The number of carbonyl (C=O) groups is 1. The Bertz CT molecular complexity index is 815. The summed E-state index contributed by atoms with van der Waals surface area (Å²) in [6.07, 6.45) is 3.43. The third kappa shape index (κ3) is 3.26. The second-order valence-electron chi connectivity index (χ2n) is 4.79. The summed E-state index contributed by atoms with van der Waals surface area (Å²) in [7, 11) is 0. The second-order valence-corrected chi connectivity index (χ2v) is 4.79. The Balaban J connectivity index is 1.68. The van der Waals surface area contributed by atoms with Crippen LogP contribution in [-0.2, 0) is 11.3 Å². The van der Waals surface area contributed by atoms with Crippen LogP contribution in [0.1, 0.15) is 15.9 Å². The molecule has 4 nitrogen and oxygen atoms in total. The molecule has 23 heavy (non-hydrogen) atoms. The summed E-state index contributed by atoms with van der Waals surface area (Å²) < 4.78 is 33.2. The summed E-state index contributed by atoms with van der Waals surface area (Å²) in [5.41, 5.74) is 1.10. The Morgan fingerprint density at radius 1 is 1.09 bits per heavy atom. The molecule has 3 rings (SSSR count). The standard InChI is InChI=1S/C17H12F2N2O2/c18-15-4-1-3-13(16(15)19)11-23-17(22)12-5-7-14(8-6-12)21-10-2-9-20-21/h1-10H,11H2. The minimum absolute atomic E-state index is 0.00786. The largest absolute Gasteiger partial charge is 0.457 e. The molecule has 1 heterocycles. The van der Waals surface area contributed by atoms with Crippen LogP contribution in [0.2, 0.25) is 0 Å². The van der Waals surface area contributed by atoms with Crippen LogP contribution in [0.3, 0.4) is 0 Å². The molecule has 0 aliphatic heterocycles. The van der Waals surface area contributed by atoms with Crippen molar-refractivity contribution >= 4 is 5.97 Å². The molecule has 0 amide bonds. The Labute approximate surface area is 130 Å². The molecular weight excluding hydrogens is 302 g/mol. The first-order valence-electron chi connectivity index (χ1n) is 6.85. The monoisotopic (exact) mass is 314 g/mol. The minimum atomic E-state index is -1.01. The number of hydrogen-bond acceptors (Lipinski definition) is 3. The fourth-order valence-electron chi connectivity index (χ4n) is 2.06. The van der Waals surface area contributed by atoms with Gasteiger partial charge in [0.15, 0.2) is 11.6 Å². The molecule has 0 radical (unpaired) electrons. The van der Waals surface area contributed by atoms with Gasteiger partial charge in [0.05, 0.1) is 11.3 Å². The molecule has 0 aliphatic carbocycles. The van der Waals surface area contributed by atoms with Gasteiger partial charge in [-0.15, -0.1) is 0 Å². The number of hydrogen-bond donors (Lipinski definition) is 0. The number of esters is 1. The molecule has 0 fully saturated rings. The topological polar surface area (TPSA) is 44.1 Å². The van der Waals surface area contributed by atoms with Gasteiger partial charge < -0.3 is 4.74 Å². The molecule has 0 atom stereocenters. The lowest BCUT2D eigenvalue weighted by atomic mass is 10.2. The highest BCUT2D eigenvalue weighted by Crippen LogP contribution is 2.14. The Morgan fingerprint density at radius 3 is 2.57 bits per heavy atom. The average Bonchev–Trinajstić information content (AvgIpc) is 3.10. The van der Waals surface area contributed by atoms with Crippen molar-refractivity contribution in [1.29, 1.82) is 0 Å². The molecule has 0 N–H and O–H groups in total. The van der Waals surface area contributed by atoms with Crippen molar-refractivity contribution in [3.05, 3.63) is 83.7 Å². The van der Waals surface area contributed by atoms with Gasteiger partial charge in [-0.25, -0.2) is 18.3 Å². The van der Waals surface area contributed by atoms with E-state index in [2.05, 4.69) is 5.10 Å². The molecule has 0 bridgehead atoms. The first-order chi connectivity index (χ1) is 11.1. The van der Waals surface area contributed by atoms with E-state index in [9.17, 15) is 13.6 Å². The van der Waals surface area contributed by atoms with E-state index in [0.717, 1.165) is 11.8 Å². The van der Waals surface area contributed by atoms with E-state index in [1.165, 1.54) is 12.1 Å². The zero-order valence-electron chi connectivity index (χ0n) is 11.9. The number of nitrogens with zero attached hydrogens (tertiary/aromatic N) is 2. The smallest absolute Gasteiger partial charge is 0.338 e. The van der Waals surface area contributed by atoms with E-state index in [4.69, 9.17) is 4.74 Å². The number of ether oxygens (including phenoxy) is 1. The summed E-state index contributed by atoms with van der Waals surface area (Å²) in [4.78, 5) is 12.0. The van der Waals surface area contributed by atoms with Crippen LogP contribution in [0.15, 0.2) is 60.9 Å². The Hall–Kier alpha value is -3.02. The molecule has 0 saturated heterocycles. The maximum atomic E-state index is 13.5. The lowest BCUT2D eigenvalue weighted by molar-refractivity contribution is 0.0468. The third-order valence-corrected chi connectivity index (χ3v) is 3.26. The summed E-state index contributed by atoms with van der Waals surface area (Å²) in [5.74, 6) is -2.59. The van der Waals surface area contributed by atoms with Crippen molar-refractivity contribution in [2.24, 2.45) is 0 Å². The van der Waals surface area contributed by atoms with Crippen molar-refractivity contribution in [1.82, 2.24) is 9.78 Å². The van der Waals surface area contributed by atoms with Crippen LogP contribution in [0.5, 0.6) is 0 Å². The normalized spacial score (nSPS) is 10.5. The summed E-state index contributed by atoms with van der Waals surface area (Å²) >= 11 is 0. The number of rotatable bonds is 4. The minimum Gasteiger partial charge on any atom is -0.457 e. The van der Waals surface area contributed by atoms with E-state index in [-0.39, 0.29) is 12.2 Å². The van der Waals surface area contributed by atoms with Crippen molar-refractivity contribution in [2.75, 3.05) is 0 Å². The Kier molecular flexibility index (Phi) is 4.14. The first kappa shape index (κ1) is 14.9. The molecule has 1 aromatic heterocycles. The lowest BCUT2D eigenvalue weighted by Gasteiger charge is -2.07. The van der Waals surface area contributed by atoms with Crippen molar-refractivity contribution in [3.63, 3.8) is 0 Å². The maximum Gasteiger partial charge on any atom is 0.338 e. The number of halogens is 2. The van der Waals surface area contributed by atoms with E-state index >= 15 is 0 Å². The van der Waals surface area contributed by atoms with Crippen LogP contribution >= 0.6 is 0 Å².